The van der Waals surface area contributed by atoms with E-state index in [1.54, 1.807) is 25.3 Å². The molecule has 0 radical (unpaired) electrons. The Labute approximate surface area is 163 Å². The number of hydrogen-bond donors (Lipinski definition) is 1. The fourth-order valence-corrected chi connectivity index (χ4v) is 3.04. The predicted octanol–water partition coefficient (Wildman–Crippen LogP) is 4.37. The normalized spacial score (nSPS) is 11.6. The first-order valence-electron chi connectivity index (χ1n) is 8.58. The van der Waals surface area contributed by atoms with Crippen LogP contribution in [0.3, 0.4) is 0 Å². The summed E-state index contributed by atoms with van der Waals surface area (Å²) in [6, 6.07) is 9.95. The van der Waals surface area contributed by atoms with E-state index in [9.17, 15) is 18.0 Å². The zero-order chi connectivity index (χ0) is 20.6. The maximum Gasteiger partial charge on any atom is 0.417 e. The minimum atomic E-state index is -4.53. The van der Waals surface area contributed by atoms with Crippen molar-refractivity contribution in [3.8, 4) is 11.3 Å². The highest BCUT2D eigenvalue weighted by molar-refractivity contribution is 6.09. The molecule has 1 aromatic carbocycles. The molecule has 4 aromatic rings. The highest BCUT2D eigenvalue weighted by Crippen LogP contribution is 2.36. The van der Waals surface area contributed by atoms with Crippen LogP contribution in [0.2, 0.25) is 0 Å². The summed E-state index contributed by atoms with van der Waals surface area (Å²) in [4.78, 5) is 21.0. The first kappa shape index (κ1) is 18.6. The van der Waals surface area contributed by atoms with Crippen LogP contribution in [0.5, 0.6) is 0 Å². The average Bonchev–Trinajstić information content (AvgIpc) is 3.03. The number of nitrogens with one attached hydrogen (secondary N) is 1. The summed E-state index contributed by atoms with van der Waals surface area (Å²) in [7, 11) is 0. The smallest absolute Gasteiger partial charge is 0.320 e. The van der Waals surface area contributed by atoms with E-state index in [1.807, 2.05) is 0 Å². The zero-order valence-electron chi connectivity index (χ0n) is 15.1. The number of rotatable bonds is 3. The minimum Gasteiger partial charge on any atom is -0.320 e. The monoisotopic (exact) mass is 397 g/mol. The van der Waals surface area contributed by atoms with Crippen LogP contribution in [0.25, 0.3) is 16.9 Å². The third-order valence-corrected chi connectivity index (χ3v) is 4.31. The lowest BCUT2D eigenvalue weighted by Gasteiger charge is -2.12. The maximum atomic E-state index is 13.4. The number of amides is 1. The molecule has 3 aromatic heterocycles. The van der Waals surface area contributed by atoms with Gasteiger partial charge >= 0.3 is 6.18 Å². The van der Waals surface area contributed by atoms with Crippen LogP contribution in [0, 0.1) is 6.92 Å². The predicted molar refractivity (Wildman–Crippen MR) is 100 cm³/mol. The third-order valence-electron chi connectivity index (χ3n) is 4.31. The molecule has 0 saturated carbocycles. The first-order chi connectivity index (χ1) is 13.8. The molecule has 4 rings (SSSR count). The van der Waals surface area contributed by atoms with Crippen LogP contribution in [-0.4, -0.2) is 25.5 Å². The molecule has 0 aliphatic carbocycles. The molecule has 0 atom stereocenters. The van der Waals surface area contributed by atoms with Crippen molar-refractivity contribution in [1.82, 2.24) is 19.6 Å². The van der Waals surface area contributed by atoms with Gasteiger partial charge in [0, 0.05) is 18.0 Å². The summed E-state index contributed by atoms with van der Waals surface area (Å²) in [6.07, 6.45) is 0.0132. The van der Waals surface area contributed by atoms with Gasteiger partial charge in [0.15, 0.2) is 5.65 Å². The molecule has 0 aliphatic rings. The molecule has 0 saturated heterocycles. The number of pyridine rings is 1. The Morgan fingerprint density at radius 2 is 1.90 bits per heavy atom. The van der Waals surface area contributed by atoms with Crippen LogP contribution >= 0.6 is 0 Å². The lowest BCUT2D eigenvalue weighted by Crippen LogP contribution is -2.13. The molecule has 0 aliphatic heterocycles. The first-order valence-corrected chi connectivity index (χ1v) is 8.58. The van der Waals surface area contributed by atoms with Gasteiger partial charge in [-0.1, -0.05) is 18.2 Å². The van der Waals surface area contributed by atoms with E-state index < -0.39 is 17.6 Å². The van der Waals surface area contributed by atoms with E-state index >= 15 is 0 Å². The Morgan fingerprint density at radius 1 is 1.10 bits per heavy atom. The van der Waals surface area contributed by atoms with Crippen molar-refractivity contribution in [2.75, 3.05) is 5.32 Å². The number of benzene rings is 1. The molecule has 9 heteroatoms. The SMILES string of the molecule is Cc1nn2ccc(-c3ccccc3C(F)(F)F)nc2c1C(=O)Nc1cccnc1. The van der Waals surface area contributed by atoms with Crippen molar-refractivity contribution < 1.29 is 18.0 Å². The van der Waals surface area contributed by atoms with Gasteiger partial charge < -0.3 is 5.32 Å². The van der Waals surface area contributed by atoms with Crippen molar-refractivity contribution in [1.29, 1.82) is 0 Å². The van der Waals surface area contributed by atoms with E-state index in [-0.39, 0.29) is 22.5 Å². The molecule has 0 spiro atoms. The fourth-order valence-electron chi connectivity index (χ4n) is 3.04. The highest BCUT2D eigenvalue weighted by atomic mass is 19.4. The second-order valence-electron chi connectivity index (χ2n) is 6.28. The van der Waals surface area contributed by atoms with E-state index in [2.05, 4.69) is 20.4 Å². The molecular formula is C20H14F3N5O. The number of nitrogens with zero attached hydrogens (tertiary/aromatic N) is 4. The maximum absolute atomic E-state index is 13.4. The number of anilines is 1. The number of aryl methyl sites for hydroxylation is 1. The molecule has 0 fully saturated rings. The van der Waals surface area contributed by atoms with Gasteiger partial charge in [-0.3, -0.25) is 9.78 Å². The molecule has 6 nitrogen and oxygen atoms in total. The summed E-state index contributed by atoms with van der Waals surface area (Å²) in [6.45, 7) is 1.64. The molecule has 3 heterocycles. The molecule has 29 heavy (non-hydrogen) atoms. The molecule has 0 unspecified atom stereocenters. The fraction of sp³-hybridized carbons (Fsp3) is 0.100. The highest BCUT2D eigenvalue weighted by Gasteiger charge is 2.33. The van der Waals surface area contributed by atoms with Gasteiger partial charge in [-0.15, -0.1) is 0 Å². The Balaban J connectivity index is 1.81. The average molecular weight is 397 g/mol. The van der Waals surface area contributed by atoms with Gasteiger partial charge in [0.2, 0.25) is 0 Å². The molecular weight excluding hydrogens is 383 g/mol. The van der Waals surface area contributed by atoms with Gasteiger partial charge in [0.1, 0.15) is 5.56 Å². The summed E-state index contributed by atoms with van der Waals surface area (Å²) < 4.78 is 41.5. The number of halogens is 3. The number of aromatic nitrogens is 4. The van der Waals surface area contributed by atoms with Crippen LogP contribution < -0.4 is 5.32 Å². The van der Waals surface area contributed by atoms with Crippen molar-refractivity contribution in [2.24, 2.45) is 0 Å². The summed E-state index contributed by atoms with van der Waals surface area (Å²) >= 11 is 0. The summed E-state index contributed by atoms with van der Waals surface area (Å²) in [5.41, 5.74) is 0.462. The molecule has 146 valence electrons. The quantitative estimate of drug-likeness (QED) is 0.557. The lowest BCUT2D eigenvalue weighted by molar-refractivity contribution is -0.137. The van der Waals surface area contributed by atoms with Crippen LogP contribution in [-0.2, 0) is 6.18 Å². The van der Waals surface area contributed by atoms with E-state index in [4.69, 9.17) is 0 Å². The Hall–Kier alpha value is -3.75. The molecule has 1 amide bonds. The Kier molecular flexibility index (Phi) is 4.50. The number of alkyl halides is 3. The largest absolute Gasteiger partial charge is 0.417 e. The van der Waals surface area contributed by atoms with E-state index in [0.717, 1.165) is 6.07 Å². The second-order valence-corrected chi connectivity index (χ2v) is 6.28. The van der Waals surface area contributed by atoms with Gasteiger partial charge in [-0.05, 0) is 31.2 Å². The van der Waals surface area contributed by atoms with Crippen molar-refractivity contribution in [2.45, 2.75) is 13.1 Å². The molecule has 1 N–H and O–H groups in total. The second kappa shape index (κ2) is 7.01. The van der Waals surface area contributed by atoms with Crippen LogP contribution in [0.1, 0.15) is 21.6 Å². The van der Waals surface area contributed by atoms with Gasteiger partial charge in [0.05, 0.1) is 28.8 Å². The number of carbonyl (C=O) groups is 1. The van der Waals surface area contributed by atoms with E-state index in [1.165, 1.54) is 41.2 Å². The van der Waals surface area contributed by atoms with Crippen molar-refractivity contribution in [3.05, 3.63) is 77.9 Å². The molecule has 0 bridgehead atoms. The van der Waals surface area contributed by atoms with Crippen LogP contribution in [0.4, 0.5) is 18.9 Å². The third kappa shape index (κ3) is 3.54. The summed E-state index contributed by atoms with van der Waals surface area (Å²) in [5, 5.41) is 6.93. The Morgan fingerprint density at radius 3 is 2.62 bits per heavy atom. The van der Waals surface area contributed by atoms with Crippen LogP contribution in [0.15, 0.2) is 61.1 Å². The van der Waals surface area contributed by atoms with Gasteiger partial charge in [0.25, 0.3) is 5.91 Å². The van der Waals surface area contributed by atoms with Crippen molar-refractivity contribution in [3.63, 3.8) is 0 Å². The minimum absolute atomic E-state index is 0.0695. The Bertz CT molecular complexity index is 1200. The number of hydrogen-bond acceptors (Lipinski definition) is 4. The topological polar surface area (TPSA) is 72.2 Å². The standard InChI is InChI=1S/C20H14F3N5O/c1-12-17(19(29)25-13-5-4-9-24-11-13)18-26-16(8-10-28(18)27-12)14-6-2-3-7-15(14)20(21,22)23/h2-11H,1H3,(H,25,29). The summed E-state index contributed by atoms with van der Waals surface area (Å²) in [5.74, 6) is -0.473. The van der Waals surface area contributed by atoms with Gasteiger partial charge in [-0.2, -0.15) is 18.3 Å². The van der Waals surface area contributed by atoms with Gasteiger partial charge in [-0.25, -0.2) is 9.50 Å². The van der Waals surface area contributed by atoms with Crippen molar-refractivity contribution >= 4 is 17.2 Å². The zero-order valence-corrected chi connectivity index (χ0v) is 15.1. The number of fused-ring (bicyclic) bond motifs is 1. The number of carbonyl (C=O) groups excluding carboxylic acids is 1. The lowest BCUT2D eigenvalue weighted by atomic mass is 10.0. The van der Waals surface area contributed by atoms with E-state index in [0.29, 0.717) is 11.4 Å².